The summed E-state index contributed by atoms with van der Waals surface area (Å²) in [7, 11) is 0. The van der Waals surface area contributed by atoms with Gasteiger partial charge in [0.15, 0.2) is 0 Å². The van der Waals surface area contributed by atoms with Gasteiger partial charge in [0.2, 0.25) is 0 Å². The number of allylic oxidation sites excluding steroid dienone is 2. The van der Waals surface area contributed by atoms with Gasteiger partial charge in [-0.15, -0.1) is 0 Å². The Bertz CT molecular complexity index is 187. The minimum absolute atomic E-state index is 0.698. The van der Waals surface area contributed by atoms with Gasteiger partial charge in [0, 0.05) is 6.54 Å². The third kappa shape index (κ3) is 1.48. The fraction of sp³-hybridized carbons (Fsp3) is 0.556. The van der Waals surface area contributed by atoms with Crippen LogP contribution in [0.5, 0.6) is 0 Å². The molecule has 0 aliphatic heterocycles. The van der Waals surface area contributed by atoms with Crippen LogP contribution in [-0.4, -0.2) is 6.54 Å². The molecule has 0 aromatic heterocycles. The molecule has 1 rings (SSSR count). The molecule has 2 N–H and O–H groups in total. The summed E-state index contributed by atoms with van der Waals surface area (Å²) in [6.45, 7) is 5.04. The molecule has 10 heavy (non-hydrogen) atoms. The molecule has 0 aromatic rings. The number of nitrogens with two attached hydrogens (primary N) is 1. The normalized spacial score (nSPS) is 19.3. The Hall–Kier alpha value is -0.560. The first-order valence-electron chi connectivity index (χ1n) is 3.80. The summed E-state index contributed by atoms with van der Waals surface area (Å²) in [5, 5.41) is 0. The summed E-state index contributed by atoms with van der Waals surface area (Å²) >= 11 is 0. The highest BCUT2D eigenvalue weighted by Gasteiger charge is 2.04. The van der Waals surface area contributed by atoms with Crippen LogP contribution in [0.25, 0.3) is 0 Å². The zero-order valence-corrected chi connectivity index (χ0v) is 6.78. The highest BCUT2D eigenvalue weighted by molar-refractivity contribution is 5.32. The first-order valence-corrected chi connectivity index (χ1v) is 3.80. The van der Waals surface area contributed by atoms with Crippen LogP contribution in [0.15, 0.2) is 22.8 Å². The zero-order chi connectivity index (χ0) is 7.56. The van der Waals surface area contributed by atoms with Gasteiger partial charge in [0.1, 0.15) is 0 Å². The van der Waals surface area contributed by atoms with E-state index in [0.29, 0.717) is 6.54 Å². The van der Waals surface area contributed by atoms with Gasteiger partial charge in [-0.05, 0) is 32.3 Å². The average Bonchev–Trinajstić information content (AvgIpc) is 1.94. The van der Waals surface area contributed by atoms with Gasteiger partial charge in [0.05, 0.1) is 0 Å². The molecule has 0 spiro atoms. The molecule has 56 valence electrons. The van der Waals surface area contributed by atoms with Crippen LogP contribution >= 0.6 is 0 Å². The summed E-state index contributed by atoms with van der Waals surface area (Å²) in [5.74, 6) is 0. The predicted octanol–water partition coefficient (Wildman–Crippen LogP) is 2.00. The maximum absolute atomic E-state index is 5.55. The van der Waals surface area contributed by atoms with E-state index in [1.807, 2.05) is 0 Å². The van der Waals surface area contributed by atoms with Gasteiger partial charge < -0.3 is 5.73 Å². The highest BCUT2D eigenvalue weighted by Crippen LogP contribution is 2.21. The smallest absolute Gasteiger partial charge is 0.0177 e. The first-order chi connectivity index (χ1) is 4.74. The summed E-state index contributed by atoms with van der Waals surface area (Å²) in [4.78, 5) is 0. The van der Waals surface area contributed by atoms with Crippen molar-refractivity contribution in [1.82, 2.24) is 0 Å². The van der Waals surface area contributed by atoms with E-state index in [0.717, 1.165) is 0 Å². The van der Waals surface area contributed by atoms with Gasteiger partial charge in [-0.1, -0.05) is 17.2 Å². The Morgan fingerprint density at radius 2 is 2.10 bits per heavy atom. The Morgan fingerprint density at radius 3 is 2.60 bits per heavy atom. The van der Waals surface area contributed by atoms with E-state index < -0.39 is 0 Å². The second-order valence-electron chi connectivity index (χ2n) is 3.00. The summed E-state index contributed by atoms with van der Waals surface area (Å²) in [6, 6.07) is 0. The van der Waals surface area contributed by atoms with Crippen LogP contribution in [0.4, 0.5) is 0 Å². The molecular weight excluding hydrogens is 122 g/mol. The van der Waals surface area contributed by atoms with Crippen LogP contribution in [0.3, 0.4) is 0 Å². The zero-order valence-electron chi connectivity index (χ0n) is 6.78. The molecule has 0 aromatic carbocycles. The maximum Gasteiger partial charge on any atom is 0.0177 e. The molecule has 1 aliphatic rings. The molecule has 0 bridgehead atoms. The SMILES string of the molecule is CC1=CC(CN)=C(C)CC1. The average molecular weight is 137 g/mol. The third-order valence-electron chi connectivity index (χ3n) is 2.08. The second kappa shape index (κ2) is 3.02. The van der Waals surface area contributed by atoms with E-state index in [1.54, 1.807) is 0 Å². The van der Waals surface area contributed by atoms with Crippen molar-refractivity contribution in [2.75, 3.05) is 6.54 Å². The lowest BCUT2D eigenvalue weighted by Gasteiger charge is -2.13. The number of hydrogen-bond acceptors (Lipinski definition) is 1. The van der Waals surface area contributed by atoms with Crippen molar-refractivity contribution >= 4 is 0 Å². The Balaban J connectivity index is 2.82. The first kappa shape index (κ1) is 7.55. The highest BCUT2D eigenvalue weighted by atomic mass is 14.5. The van der Waals surface area contributed by atoms with Crippen LogP contribution in [-0.2, 0) is 0 Å². The topological polar surface area (TPSA) is 26.0 Å². The summed E-state index contributed by atoms with van der Waals surface area (Å²) < 4.78 is 0. The molecule has 1 aliphatic carbocycles. The van der Waals surface area contributed by atoms with Crippen molar-refractivity contribution in [3.05, 3.63) is 22.8 Å². The Morgan fingerprint density at radius 1 is 1.40 bits per heavy atom. The lowest BCUT2D eigenvalue weighted by molar-refractivity contribution is 0.875. The number of rotatable bonds is 1. The molecule has 0 amide bonds. The molecule has 0 radical (unpaired) electrons. The van der Waals surface area contributed by atoms with Crippen LogP contribution in [0, 0.1) is 0 Å². The minimum atomic E-state index is 0.698. The lowest BCUT2D eigenvalue weighted by Crippen LogP contribution is -2.06. The van der Waals surface area contributed by atoms with Gasteiger partial charge in [0.25, 0.3) is 0 Å². The van der Waals surface area contributed by atoms with E-state index in [2.05, 4.69) is 19.9 Å². The van der Waals surface area contributed by atoms with Crippen molar-refractivity contribution in [1.29, 1.82) is 0 Å². The molecule has 1 heteroatoms. The van der Waals surface area contributed by atoms with Gasteiger partial charge in [-0.2, -0.15) is 0 Å². The van der Waals surface area contributed by atoms with E-state index in [-0.39, 0.29) is 0 Å². The maximum atomic E-state index is 5.55. The van der Waals surface area contributed by atoms with Gasteiger partial charge in [-0.25, -0.2) is 0 Å². The van der Waals surface area contributed by atoms with Crippen LogP contribution in [0.2, 0.25) is 0 Å². The van der Waals surface area contributed by atoms with Crippen molar-refractivity contribution in [2.45, 2.75) is 26.7 Å². The lowest BCUT2D eigenvalue weighted by atomic mass is 9.94. The van der Waals surface area contributed by atoms with Gasteiger partial charge in [-0.3, -0.25) is 0 Å². The second-order valence-corrected chi connectivity index (χ2v) is 3.00. The molecule has 0 fully saturated rings. The van der Waals surface area contributed by atoms with Gasteiger partial charge >= 0.3 is 0 Å². The fourth-order valence-corrected chi connectivity index (χ4v) is 1.27. The van der Waals surface area contributed by atoms with E-state index in [1.165, 1.54) is 29.6 Å². The quantitative estimate of drug-likeness (QED) is 0.587. The largest absolute Gasteiger partial charge is 0.326 e. The fourth-order valence-electron chi connectivity index (χ4n) is 1.27. The monoisotopic (exact) mass is 137 g/mol. The molecule has 0 saturated heterocycles. The molecule has 0 unspecified atom stereocenters. The third-order valence-corrected chi connectivity index (χ3v) is 2.08. The van der Waals surface area contributed by atoms with Crippen molar-refractivity contribution in [3.8, 4) is 0 Å². The standard InChI is InChI=1S/C9H15N/c1-7-3-4-8(2)9(5-7)6-10/h5H,3-4,6,10H2,1-2H3. The molecule has 1 nitrogen and oxygen atoms in total. The summed E-state index contributed by atoms with van der Waals surface area (Å²) in [5.41, 5.74) is 9.82. The number of hydrogen-bond donors (Lipinski definition) is 1. The molecular formula is C9H15N. The van der Waals surface area contributed by atoms with Crippen LogP contribution in [0.1, 0.15) is 26.7 Å². The van der Waals surface area contributed by atoms with Crippen molar-refractivity contribution < 1.29 is 0 Å². The minimum Gasteiger partial charge on any atom is -0.326 e. The van der Waals surface area contributed by atoms with Crippen molar-refractivity contribution in [2.24, 2.45) is 5.73 Å². The predicted molar refractivity (Wildman–Crippen MR) is 44.7 cm³/mol. The molecule has 0 saturated carbocycles. The Labute approximate surface area is 62.6 Å². The molecule has 0 heterocycles. The van der Waals surface area contributed by atoms with Crippen molar-refractivity contribution in [3.63, 3.8) is 0 Å². The van der Waals surface area contributed by atoms with E-state index in [4.69, 9.17) is 5.73 Å². The van der Waals surface area contributed by atoms with E-state index in [9.17, 15) is 0 Å². The van der Waals surface area contributed by atoms with E-state index >= 15 is 0 Å². The molecule has 0 atom stereocenters. The summed E-state index contributed by atoms with van der Waals surface area (Å²) in [6.07, 6.45) is 4.64. The Kier molecular flexibility index (Phi) is 2.28. The van der Waals surface area contributed by atoms with Crippen LogP contribution < -0.4 is 5.73 Å².